The Hall–Kier alpha value is 0.673. The van der Waals surface area contributed by atoms with Gasteiger partial charge in [0.2, 0.25) is 0 Å². The summed E-state index contributed by atoms with van der Waals surface area (Å²) in [4.78, 5) is 15.9. The molecule has 0 bridgehead atoms. The molecular weight excluding hydrogens is 561 g/mol. The third-order valence-corrected chi connectivity index (χ3v) is 3.16. The van der Waals surface area contributed by atoms with E-state index in [1.165, 1.54) is 0 Å². The SMILES string of the molecule is COCBr.COCOc1ccc(OC)cc1.COc1ccc(O)cc1.[2H]C(=O)OO[CH-]F.[K+].[K+]. The van der Waals surface area contributed by atoms with Crippen LogP contribution in [-0.2, 0) is 24.0 Å². The van der Waals surface area contributed by atoms with Crippen molar-refractivity contribution in [1.29, 1.82) is 0 Å². The van der Waals surface area contributed by atoms with Crippen molar-refractivity contribution < 1.29 is 152 Å². The minimum Gasteiger partial charge on any atom is -0.508 e. The van der Waals surface area contributed by atoms with E-state index in [0.29, 0.717) is 5.52 Å². The minimum absolute atomic E-state index is 0. The summed E-state index contributed by atoms with van der Waals surface area (Å²) in [6.07, 6.45) is -1.44. The summed E-state index contributed by atoms with van der Waals surface area (Å²) >= 11 is 3.03. The summed E-state index contributed by atoms with van der Waals surface area (Å²) in [5.41, 5.74) is 0.632. The van der Waals surface area contributed by atoms with Gasteiger partial charge in [0.05, 0.1) is 14.2 Å². The van der Waals surface area contributed by atoms with Gasteiger partial charge >= 0.3 is 109 Å². The van der Waals surface area contributed by atoms with Gasteiger partial charge in [0.15, 0.2) is 8.16 Å². The van der Waals surface area contributed by atoms with Gasteiger partial charge < -0.3 is 43.0 Å². The first-order valence-electron chi connectivity index (χ1n) is 8.77. The van der Waals surface area contributed by atoms with Crippen LogP contribution in [0.2, 0.25) is 0 Å². The fraction of sp³-hybridized carbons (Fsp3) is 0.300. The average Bonchev–Trinajstić information content (AvgIpc) is 2.83. The molecule has 2 aromatic carbocycles. The smallest absolute Gasteiger partial charge is 0.508 e. The summed E-state index contributed by atoms with van der Waals surface area (Å²) < 4.78 is 40.8. The van der Waals surface area contributed by atoms with Crippen LogP contribution in [0.15, 0.2) is 48.5 Å². The van der Waals surface area contributed by atoms with E-state index in [4.69, 9.17) is 25.4 Å². The first kappa shape index (κ1) is 38.2. The second kappa shape index (κ2) is 32.7. The normalized spacial score (nSPS) is 8.61. The molecule has 0 aliphatic heterocycles. The molecular formula is C20H27BrFK2O9+. The maximum Gasteiger partial charge on any atom is 1.00 e. The van der Waals surface area contributed by atoms with E-state index in [2.05, 4.69) is 30.4 Å². The maximum absolute atomic E-state index is 10.6. The number of benzene rings is 2. The summed E-state index contributed by atoms with van der Waals surface area (Å²) in [6.45, 7) is -0.0707. The molecule has 0 aromatic heterocycles. The molecule has 1 N–H and O–H groups in total. The molecule has 0 atom stereocenters. The number of hydrogen-bond acceptors (Lipinski definition) is 9. The van der Waals surface area contributed by atoms with Crippen LogP contribution in [0.4, 0.5) is 4.39 Å². The minimum atomic E-state index is -1.44. The Kier molecular flexibility index (Phi) is 37.8. The number of aromatic hydroxyl groups is 1. The molecule has 0 unspecified atom stereocenters. The van der Waals surface area contributed by atoms with E-state index in [-0.39, 0.29) is 122 Å². The van der Waals surface area contributed by atoms with Crippen molar-refractivity contribution in [3.8, 4) is 23.0 Å². The molecule has 0 saturated heterocycles. The van der Waals surface area contributed by atoms with Crippen molar-refractivity contribution >= 4 is 22.4 Å². The number of phenolic OH excluding ortho intramolecular Hbond substituents is 1. The van der Waals surface area contributed by atoms with Crippen molar-refractivity contribution in [2.45, 2.75) is 0 Å². The Morgan fingerprint density at radius 3 is 1.67 bits per heavy atom. The molecule has 0 fully saturated rings. The zero-order valence-corrected chi connectivity index (χ0v) is 27.4. The van der Waals surface area contributed by atoms with E-state index >= 15 is 0 Å². The Morgan fingerprint density at radius 2 is 1.36 bits per heavy atom. The summed E-state index contributed by atoms with van der Waals surface area (Å²) in [5.74, 6) is 2.61. The number of carbonyl (C=O) groups is 1. The van der Waals surface area contributed by atoms with E-state index < -0.39 is 6.45 Å². The molecule has 9 nitrogen and oxygen atoms in total. The van der Waals surface area contributed by atoms with Crippen LogP contribution in [-0.4, -0.2) is 52.3 Å². The quantitative estimate of drug-likeness (QED) is 0.0731. The van der Waals surface area contributed by atoms with Crippen molar-refractivity contribution in [3.05, 3.63) is 55.4 Å². The maximum atomic E-state index is 10.6. The largest absolute Gasteiger partial charge is 1.00 e. The van der Waals surface area contributed by atoms with Crippen LogP contribution in [0.3, 0.4) is 0 Å². The van der Waals surface area contributed by atoms with Crippen LogP contribution in [0, 0.1) is 6.86 Å². The average molecular weight is 590 g/mol. The number of phenols is 1. The molecule has 0 amide bonds. The summed E-state index contributed by atoms with van der Waals surface area (Å²) in [6, 6.07) is 13.9. The number of alkyl halides is 1. The number of rotatable bonds is 8. The Labute approximate surface area is 288 Å². The van der Waals surface area contributed by atoms with Crippen LogP contribution in [0.25, 0.3) is 0 Å². The van der Waals surface area contributed by atoms with Crippen LogP contribution < -0.4 is 117 Å². The molecule has 0 spiro atoms. The standard InChI is InChI=1S/C9H12O3.C7H8O2.C2H5BrO.C2H2FO3.2K/c1-10-7-12-9-5-3-8(11-2)4-6-9;1-9-7-4-2-6(8)3-5-7;1-4-2-3;3-1-5-6-2-4;;/h3-6H,7H2,1-2H3;2-5,8H,1H3;2H2,1H3;1-2H;;/q;;;-1;2*+1/i;;;2D;;. The number of methoxy groups -OCH3 is 4. The molecule has 0 heterocycles. The molecule has 176 valence electrons. The molecule has 13 heteroatoms. The van der Waals surface area contributed by atoms with E-state index in [1.54, 1.807) is 52.7 Å². The summed E-state index contributed by atoms with van der Waals surface area (Å²) in [7, 11) is 6.44. The number of hydrogen-bond donors (Lipinski definition) is 1. The molecule has 0 radical (unpaired) electrons. The molecule has 33 heavy (non-hydrogen) atoms. The van der Waals surface area contributed by atoms with Crippen LogP contribution in [0.1, 0.15) is 1.37 Å². The van der Waals surface area contributed by atoms with Gasteiger partial charge in [0.25, 0.3) is 0 Å². The number of ether oxygens (including phenoxy) is 5. The molecule has 0 aliphatic rings. The van der Waals surface area contributed by atoms with Gasteiger partial charge in [-0.25, -0.2) is 0 Å². The van der Waals surface area contributed by atoms with Crippen LogP contribution in [0.5, 0.6) is 23.0 Å². The van der Waals surface area contributed by atoms with Gasteiger partial charge in [-0.15, -0.1) is 0 Å². The zero-order chi connectivity index (χ0) is 24.6. The van der Waals surface area contributed by atoms with Crippen molar-refractivity contribution in [1.82, 2.24) is 0 Å². The fourth-order valence-electron chi connectivity index (χ4n) is 1.42. The van der Waals surface area contributed by atoms with E-state index in [1.807, 2.05) is 24.3 Å². The summed E-state index contributed by atoms with van der Waals surface area (Å²) in [5, 5.41) is 8.80. The molecule has 2 aromatic rings. The fourth-order valence-corrected chi connectivity index (χ4v) is 1.42. The van der Waals surface area contributed by atoms with E-state index in [0.717, 1.165) is 17.2 Å². The van der Waals surface area contributed by atoms with Crippen LogP contribution >= 0.6 is 15.9 Å². The topological polar surface area (TPSA) is 102 Å². The van der Waals surface area contributed by atoms with E-state index in [9.17, 15) is 9.18 Å². The van der Waals surface area contributed by atoms with Gasteiger partial charge in [0.1, 0.15) is 28.5 Å². The Morgan fingerprint density at radius 1 is 0.939 bits per heavy atom. The Balaban J connectivity index is -0.000000184. The van der Waals surface area contributed by atoms with Crippen molar-refractivity contribution in [2.24, 2.45) is 0 Å². The van der Waals surface area contributed by atoms with Crippen molar-refractivity contribution in [2.75, 3.05) is 40.7 Å². The molecule has 0 aliphatic carbocycles. The predicted molar refractivity (Wildman–Crippen MR) is 115 cm³/mol. The molecule has 0 saturated carbocycles. The monoisotopic (exact) mass is 588 g/mol. The number of carbonyl (C=O) groups excluding carboxylic acids is 1. The third kappa shape index (κ3) is 28.8. The second-order valence-electron chi connectivity index (χ2n) is 4.67. The number of halogens is 2. The predicted octanol–water partition coefficient (Wildman–Crippen LogP) is -1.75. The van der Waals surface area contributed by atoms with Gasteiger partial charge in [-0.05, 0) is 55.4 Å². The first-order valence-corrected chi connectivity index (χ1v) is 9.40. The zero-order valence-electron chi connectivity index (χ0n) is 20.6. The third-order valence-electron chi connectivity index (χ3n) is 2.70. The van der Waals surface area contributed by atoms with Gasteiger partial charge in [-0.2, -0.15) is 0 Å². The van der Waals surface area contributed by atoms with Crippen molar-refractivity contribution in [3.63, 3.8) is 0 Å². The second-order valence-corrected chi connectivity index (χ2v) is 5.13. The van der Waals surface area contributed by atoms with Gasteiger partial charge in [0, 0.05) is 14.2 Å². The van der Waals surface area contributed by atoms with Gasteiger partial charge in [-0.3, -0.25) is 4.79 Å². The molecule has 2 rings (SSSR count). The first-order chi connectivity index (χ1) is 15.4. The Bertz CT molecular complexity index is 685. The van der Waals surface area contributed by atoms with Gasteiger partial charge in [-0.1, -0.05) is 15.9 Å².